The van der Waals surface area contributed by atoms with E-state index in [1.165, 1.54) is 4.90 Å². The molecule has 0 aromatic carbocycles. The van der Waals surface area contributed by atoms with Crippen LogP contribution < -0.4 is 5.32 Å². The van der Waals surface area contributed by atoms with E-state index in [4.69, 9.17) is 0 Å². The Morgan fingerprint density at radius 2 is 2.29 bits per heavy atom. The van der Waals surface area contributed by atoms with Crippen molar-refractivity contribution in [2.24, 2.45) is 0 Å². The van der Waals surface area contributed by atoms with Gasteiger partial charge >= 0.3 is 6.03 Å². The second-order valence-electron chi connectivity index (χ2n) is 3.59. The van der Waals surface area contributed by atoms with Crippen LogP contribution in [0, 0.1) is 0 Å². The van der Waals surface area contributed by atoms with Gasteiger partial charge in [0.2, 0.25) is 5.91 Å². The highest BCUT2D eigenvalue weighted by atomic mass is 16.2. The summed E-state index contributed by atoms with van der Waals surface area (Å²) < 4.78 is 0. The molecule has 1 aliphatic heterocycles. The summed E-state index contributed by atoms with van der Waals surface area (Å²) >= 11 is 0. The van der Waals surface area contributed by atoms with Crippen LogP contribution in [0.4, 0.5) is 4.79 Å². The van der Waals surface area contributed by atoms with Crippen molar-refractivity contribution in [1.82, 2.24) is 10.2 Å². The molecule has 0 saturated carbocycles. The Morgan fingerprint density at radius 1 is 1.50 bits per heavy atom. The van der Waals surface area contributed by atoms with Crippen molar-refractivity contribution in [2.45, 2.75) is 39.0 Å². The standard InChI is InChI=1S/C10H18N2O2/c1-2-3-4-7-11-10(14)12-8-5-6-9(12)13/h2-8H2,1H3,(H,11,14). The normalized spacial score (nSPS) is 16.1. The topological polar surface area (TPSA) is 49.4 Å². The number of nitrogens with one attached hydrogen (secondary N) is 1. The number of likely N-dealkylation sites (tertiary alicyclic amines) is 1. The van der Waals surface area contributed by atoms with Gasteiger partial charge < -0.3 is 5.32 Å². The first-order valence-corrected chi connectivity index (χ1v) is 5.34. The van der Waals surface area contributed by atoms with Gasteiger partial charge in [0.15, 0.2) is 0 Å². The average molecular weight is 198 g/mol. The Labute approximate surface area is 84.7 Å². The Morgan fingerprint density at radius 3 is 2.86 bits per heavy atom. The average Bonchev–Trinajstić information content (AvgIpc) is 2.59. The third kappa shape index (κ3) is 3.01. The van der Waals surface area contributed by atoms with E-state index in [0.717, 1.165) is 25.7 Å². The quantitative estimate of drug-likeness (QED) is 0.696. The third-order valence-electron chi connectivity index (χ3n) is 2.38. The minimum atomic E-state index is -0.219. The Kier molecular flexibility index (Phi) is 4.43. The van der Waals surface area contributed by atoms with E-state index in [1.54, 1.807) is 0 Å². The lowest BCUT2D eigenvalue weighted by molar-refractivity contribution is -0.125. The molecule has 0 bridgehead atoms. The Balaban J connectivity index is 2.18. The SMILES string of the molecule is CCCCCNC(=O)N1CCCC1=O. The lowest BCUT2D eigenvalue weighted by Crippen LogP contribution is -2.40. The van der Waals surface area contributed by atoms with E-state index in [9.17, 15) is 9.59 Å². The highest BCUT2D eigenvalue weighted by Gasteiger charge is 2.25. The number of urea groups is 1. The summed E-state index contributed by atoms with van der Waals surface area (Å²) in [6, 6.07) is -0.219. The van der Waals surface area contributed by atoms with E-state index in [2.05, 4.69) is 12.2 Å². The molecule has 1 N–H and O–H groups in total. The fourth-order valence-corrected chi connectivity index (χ4v) is 1.53. The largest absolute Gasteiger partial charge is 0.338 e. The van der Waals surface area contributed by atoms with Gasteiger partial charge in [0.05, 0.1) is 0 Å². The van der Waals surface area contributed by atoms with Gasteiger partial charge in [-0.25, -0.2) is 4.79 Å². The van der Waals surface area contributed by atoms with Gasteiger partial charge in [0.25, 0.3) is 0 Å². The molecule has 1 rings (SSSR count). The maximum atomic E-state index is 11.4. The summed E-state index contributed by atoms with van der Waals surface area (Å²) in [5.74, 6) is -0.0435. The molecule has 1 saturated heterocycles. The molecule has 0 spiro atoms. The second kappa shape index (κ2) is 5.62. The van der Waals surface area contributed by atoms with Crippen LogP contribution in [-0.4, -0.2) is 29.9 Å². The predicted octanol–water partition coefficient (Wildman–Crippen LogP) is 1.51. The number of unbranched alkanes of at least 4 members (excludes halogenated alkanes) is 2. The van der Waals surface area contributed by atoms with Crippen LogP contribution in [0.25, 0.3) is 0 Å². The number of carbonyl (C=O) groups is 2. The lowest BCUT2D eigenvalue weighted by Gasteiger charge is -2.14. The lowest BCUT2D eigenvalue weighted by atomic mass is 10.2. The number of nitrogens with zero attached hydrogens (tertiary/aromatic N) is 1. The molecule has 3 amide bonds. The van der Waals surface area contributed by atoms with Crippen molar-refractivity contribution in [3.63, 3.8) is 0 Å². The first-order chi connectivity index (χ1) is 6.75. The molecule has 0 radical (unpaired) electrons. The van der Waals surface area contributed by atoms with Crippen molar-refractivity contribution in [3.8, 4) is 0 Å². The maximum Gasteiger partial charge on any atom is 0.324 e. The second-order valence-corrected chi connectivity index (χ2v) is 3.59. The zero-order chi connectivity index (χ0) is 10.4. The molecule has 0 aromatic heterocycles. The first kappa shape index (κ1) is 11.0. The molecular weight excluding hydrogens is 180 g/mol. The molecule has 1 fully saturated rings. The number of hydrogen-bond acceptors (Lipinski definition) is 2. The molecule has 14 heavy (non-hydrogen) atoms. The van der Waals surface area contributed by atoms with E-state index in [1.807, 2.05) is 0 Å². The Hall–Kier alpha value is -1.06. The van der Waals surface area contributed by atoms with Gasteiger partial charge in [-0.1, -0.05) is 19.8 Å². The molecule has 0 unspecified atom stereocenters. The summed E-state index contributed by atoms with van der Waals surface area (Å²) in [5, 5.41) is 2.76. The van der Waals surface area contributed by atoms with Gasteiger partial charge in [-0.05, 0) is 12.8 Å². The number of rotatable bonds is 4. The van der Waals surface area contributed by atoms with Crippen LogP contribution in [0.15, 0.2) is 0 Å². The van der Waals surface area contributed by atoms with Gasteiger partial charge in [-0.2, -0.15) is 0 Å². The molecule has 0 aliphatic carbocycles. The van der Waals surface area contributed by atoms with Crippen molar-refractivity contribution >= 4 is 11.9 Å². The predicted molar refractivity (Wildman–Crippen MR) is 53.9 cm³/mol. The highest BCUT2D eigenvalue weighted by Crippen LogP contribution is 2.09. The smallest absolute Gasteiger partial charge is 0.324 e. The molecule has 4 heteroatoms. The minimum Gasteiger partial charge on any atom is -0.338 e. The molecule has 0 atom stereocenters. The van der Waals surface area contributed by atoms with Crippen molar-refractivity contribution in [1.29, 1.82) is 0 Å². The highest BCUT2D eigenvalue weighted by molar-refractivity contribution is 5.95. The first-order valence-electron chi connectivity index (χ1n) is 5.34. The third-order valence-corrected chi connectivity index (χ3v) is 2.38. The molecule has 4 nitrogen and oxygen atoms in total. The minimum absolute atomic E-state index is 0.0435. The number of amides is 3. The number of imide groups is 1. The zero-order valence-electron chi connectivity index (χ0n) is 8.71. The number of carbonyl (C=O) groups excluding carboxylic acids is 2. The summed E-state index contributed by atoms with van der Waals surface area (Å²) in [6.45, 7) is 3.38. The fourth-order valence-electron chi connectivity index (χ4n) is 1.53. The molecule has 80 valence electrons. The summed E-state index contributed by atoms with van der Waals surface area (Å²) in [6.07, 6.45) is 4.57. The number of hydrogen-bond donors (Lipinski definition) is 1. The van der Waals surface area contributed by atoms with Crippen molar-refractivity contribution in [2.75, 3.05) is 13.1 Å². The van der Waals surface area contributed by atoms with Gasteiger partial charge in [-0.15, -0.1) is 0 Å². The summed E-state index contributed by atoms with van der Waals surface area (Å²) in [5.41, 5.74) is 0. The van der Waals surface area contributed by atoms with Crippen molar-refractivity contribution < 1.29 is 9.59 Å². The molecular formula is C10H18N2O2. The van der Waals surface area contributed by atoms with Crippen LogP contribution in [0.2, 0.25) is 0 Å². The van der Waals surface area contributed by atoms with Crippen LogP contribution in [0.3, 0.4) is 0 Å². The summed E-state index contributed by atoms with van der Waals surface area (Å²) in [7, 11) is 0. The zero-order valence-corrected chi connectivity index (χ0v) is 8.71. The van der Waals surface area contributed by atoms with Crippen LogP contribution in [-0.2, 0) is 4.79 Å². The van der Waals surface area contributed by atoms with Crippen molar-refractivity contribution in [3.05, 3.63) is 0 Å². The van der Waals surface area contributed by atoms with Gasteiger partial charge in [0.1, 0.15) is 0 Å². The Bertz CT molecular complexity index is 216. The van der Waals surface area contributed by atoms with E-state index < -0.39 is 0 Å². The van der Waals surface area contributed by atoms with Gasteiger partial charge in [-0.3, -0.25) is 9.69 Å². The van der Waals surface area contributed by atoms with Crippen LogP contribution >= 0.6 is 0 Å². The molecule has 1 aliphatic rings. The maximum absolute atomic E-state index is 11.4. The molecule has 0 aromatic rings. The van der Waals surface area contributed by atoms with Crippen LogP contribution in [0.1, 0.15) is 39.0 Å². The van der Waals surface area contributed by atoms with Crippen LogP contribution in [0.5, 0.6) is 0 Å². The summed E-state index contributed by atoms with van der Waals surface area (Å²) in [4.78, 5) is 23.9. The van der Waals surface area contributed by atoms with Gasteiger partial charge in [0, 0.05) is 19.5 Å². The fraction of sp³-hybridized carbons (Fsp3) is 0.800. The molecule has 1 heterocycles. The monoisotopic (exact) mass is 198 g/mol. The van der Waals surface area contributed by atoms with E-state index >= 15 is 0 Å². The van der Waals surface area contributed by atoms with E-state index in [0.29, 0.717) is 19.5 Å². The van der Waals surface area contributed by atoms with E-state index in [-0.39, 0.29) is 11.9 Å².